The Kier molecular flexibility index (Phi) is 6.06. The highest BCUT2D eigenvalue weighted by atomic mass is 79.9. The van der Waals surface area contributed by atoms with Crippen LogP contribution >= 0.6 is 27.5 Å². The predicted molar refractivity (Wildman–Crippen MR) is 93.5 cm³/mol. The van der Waals surface area contributed by atoms with Crippen LogP contribution < -0.4 is 10.2 Å². The molecule has 1 atom stereocenters. The van der Waals surface area contributed by atoms with Gasteiger partial charge in [0, 0.05) is 42.9 Å². The van der Waals surface area contributed by atoms with E-state index < -0.39 is 0 Å². The van der Waals surface area contributed by atoms with Gasteiger partial charge in [0.25, 0.3) is 0 Å². The summed E-state index contributed by atoms with van der Waals surface area (Å²) in [5.41, 5.74) is 0. The van der Waals surface area contributed by atoms with Crippen LogP contribution in [0.2, 0.25) is 5.02 Å². The summed E-state index contributed by atoms with van der Waals surface area (Å²) in [5, 5.41) is 3.61. The predicted octanol–water partition coefficient (Wildman–Crippen LogP) is 2.53. The fourth-order valence-corrected chi connectivity index (χ4v) is 3.28. The summed E-state index contributed by atoms with van der Waals surface area (Å²) in [6, 6.07) is 1.91. The lowest BCUT2D eigenvalue weighted by Gasteiger charge is -2.38. The monoisotopic (exact) mass is 388 g/mol. The Bertz CT molecular complexity index is 532. The maximum absolute atomic E-state index is 12.1. The first-order valence-electron chi connectivity index (χ1n) is 7.49. The lowest BCUT2D eigenvalue weighted by molar-refractivity contribution is -0.126. The van der Waals surface area contributed by atoms with Gasteiger partial charge in [-0.2, -0.15) is 0 Å². The molecular formula is C15H22BrClN4O. The van der Waals surface area contributed by atoms with E-state index in [1.54, 1.807) is 6.20 Å². The van der Waals surface area contributed by atoms with Gasteiger partial charge in [0.1, 0.15) is 5.82 Å². The molecule has 1 aliphatic heterocycles. The van der Waals surface area contributed by atoms with Crippen molar-refractivity contribution < 1.29 is 4.79 Å². The van der Waals surface area contributed by atoms with Gasteiger partial charge in [-0.15, -0.1) is 0 Å². The number of nitrogens with one attached hydrogen (secondary N) is 1. The first kappa shape index (κ1) is 17.5. The van der Waals surface area contributed by atoms with Gasteiger partial charge in [-0.05, 0) is 42.8 Å². The second-order valence-electron chi connectivity index (χ2n) is 5.82. The van der Waals surface area contributed by atoms with Gasteiger partial charge < -0.3 is 10.2 Å². The van der Waals surface area contributed by atoms with E-state index >= 15 is 0 Å². The fourth-order valence-electron chi connectivity index (χ4n) is 2.53. The zero-order valence-corrected chi connectivity index (χ0v) is 15.5. The molecule has 122 valence electrons. The number of carbonyl (C=O) groups excluding carboxylic acids is 1. The molecule has 1 amide bonds. The number of pyridine rings is 1. The molecule has 5 nitrogen and oxygen atoms in total. The minimum Gasteiger partial charge on any atom is -0.353 e. The first-order valence-corrected chi connectivity index (χ1v) is 8.66. The largest absolute Gasteiger partial charge is 0.353 e. The second-order valence-corrected chi connectivity index (χ2v) is 7.14. The highest BCUT2D eigenvalue weighted by Gasteiger charge is 2.26. The summed E-state index contributed by atoms with van der Waals surface area (Å²) in [4.78, 5) is 20.8. The highest BCUT2D eigenvalue weighted by molar-refractivity contribution is 9.10. The van der Waals surface area contributed by atoms with Gasteiger partial charge in [-0.25, -0.2) is 4.98 Å². The lowest BCUT2D eigenvalue weighted by Crippen LogP contribution is -2.54. The van der Waals surface area contributed by atoms with Crippen LogP contribution in [0.1, 0.15) is 20.8 Å². The van der Waals surface area contributed by atoms with Gasteiger partial charge in [0.05, 0.1) is 11.1 Å². The van der Waals surface area contributed by atoms with Gasteiger partial charge in [-0.3, -0.25) is 9.69 Å². The molecule has 0 aromatic carbocycles. The Labute approximate surface area is 145 Å². The highest BCUT2D eigenvalue weighted by Crippen LogP contribution is 2.27. The van der Waals surface area contributed by atoms with E-state index in [1.165, 1.54) is 0 Å². The number of amides is 1. The quantitative estimate of drug-likeness (QED) is 0.860. The third-order valence-electron chi connectivity index (χ3n) is 3.76. The molecule has 0 radical (unpaired) electrons. The van der Waals surface area contributed by atoms with Crippen LogP contribution in [-0.2, 0) is 4.79 Å². The molecule has 0 spiro atoms. The Morgan fingerprint density at radius 2 is 1.95 bits per heavy atom. The second kappa shape index (κ2) is 7.62. The van der Waals surface area contributed by atoms with Crippen LogP contribution in [0.25, 0.3) is 0 Å². The number of carbonyl (C=O) groups is 1. The van der Waals surface area contributed by atoms with Crippen molar-refractivity contribution in [2.75, 3.05) is 31.1 Å². The molecule has 1 N–H and O–H groups in total. The summed E-state index contributed by atoms with van der Waals surface area (Å²) >= 11 is 9.62. The summed E-state index contributed by atoms with van der Waals surface area (Å²) in [7, 11) is 0. The third-order valence-corrected chi connectivity index (χ3v) is 4.47. The van der Waals surface area contributed by atoms with Crippen LogP contribution in [0.15, 0.2) is 16.7 Å². The molecule has 1 aliphatic rings. The smallest absolute Gasteiger partial charge is 0.237 e. The lowest BCUT2D eigenvalue weighted by atomic mass is 10.2. The number of hydrogen-bond acceptors (Lipinski definition) is 4. The van der Waals surface area contributed by atoms with Crippen LogP contribution in [-0.4, -0.2) is 54.1 Å². The van der Waals surface area contributed by atoms with Crippen molar-refractivity contribution in [2.24, 2.45) is 0 Å². The molecule has 2 rings (SSSR count). The Morgan fingerprint density at radius 3 is 2.50 bits per heavy atom. The van der Waals surface area contributed by atoms with Gasteiger partial charge in [0.2, 0.25) is 5.91 Å². The molecule has 22 heavy (non-hydrogen) atoms. The van der Waals surface area contributed by atoms with Crippen molar-refractivity contribution in [1.82, 2.24) is 15.2 Å². The van der Waals surface area contributed by atoms with Gasteiger partial charge >= 0.3 is 0 Å². The molecule has 1 aromatic rings. The fraction of sp³-hybridized carbons (Fsp3) is 0.600. The van der Waals surface area contributed by atoms with E-state index in [0.29, 0.717) is 5.02 Å². The number of hydrogen-bond donors (Lipinski definition) is 1. The maximum atomic E-state index is 12.1. The minimum absolute atomic E-state index is 0.0863. The van der Waals surface area contributed by atoms with Crippen molar-refractivity contribution in [3.05, 3.63) is 21.8 Å². The summed E-state index contributed by atoms with van der Waals surface area (Å²) in [5.74, 6) is 0.895. The average Bonchev–Trinajstić information content (AvgIpc) is 2.46. The van der Waals surface area contributed by atoms with E-state index in [9.17, 15) is 4.79 Å². The van der Waals surface area contributed by atoms with Crippen LogP contribution in [0, 0.1) is 0 Å². The third kappa shape index (κ3) is 4.33. The average molecular weight is 390 g/mol. The van der Waals surface area contributed by atoms with Gasteiger partial charge in [-0.1, -0.05) is 11.6 Å². The van der Waals surface area contributed by atoms with Crippen LogP contribution in [0.4, 0.5) is 5.82 Å². The number of anilines is 1. The topological polar surface area (TPSA) is 48.5 Å². The first-order chi connectivity index (χ1) is 10.4. The maximum Gasteiger partial charge on any atom is 0.237 e. The number of rotatable bonds is 4. The number of piperazine rings is 1. The zero-order chi connectivity index (χ0) is 16.3. The van der Waals surface area contributed by atoms with Crippen LogP contribution in [0.5, 0.6) is 0 Å². The molecule has 1 aromatic heterocycles. The molecule has 2 heterocycles. The Balaban J connectivity index is 1.94. The zero-order valence-electron chi connectivity index (χ0n) is 13.1. The Morgan fingerprint density at radius 1 is 1.32 bits per heavy atom. The SMILES string of the molecule is CC(C)NC(=O)C(C)N1CCN(c2ncc(Br)cc2Cl)CC1. The van der Waals surface area contributed by atoms with Crippen molar-refractivity contribution in [3.8, 4) is 0 Å². The van der Waals surface area contributed by atoms with E-state index in [0.717, 1.165) is 36.5 Å². The minimum atomic E-state index is -0.113. The molecule has 1 fully saturated rings. The normalized spacial score (nSPS) is 17.6. The molecule has 0 aliphatic carbocycles. The Hall–Kier alpha value is -0.850. The van der Waals surface area contributed by atoms with Crippen LogP contribution in [0.3, 0.4) is 0 Å². The van der Waals surface area contributed by atoms with Crippen molar-refractivity contribution >= 4 is 39.3 Å². The van der Waals surface area contributed by atoms with E-state index in [1.807, 2.05) is 26.8 Å². The molecule has 1 saturated heterocycles. The number of aromatic nitrogens is 1. The number of nitrogens with zero attached hydrogens (tertiary/aromatic N) is 3. The summed E-state index contributed by atoms with van der Waals surface area (Å²) in [6.45, 7) is 9.18. The van der Waals surface area contributed by atoms with Crippen molar-refractivity contribution in [1.29, 1.82) is 0 Å². The van der Waals surface area contributed by atoms with E-state index in [2.05, 4.69) is 36.0 Å². The standard InChI is InChI=1S/C15H22BrClN4O/c1-10(2)19-15(22)11(3)20-4-6-21(7-5-20)14-13(17)8-12(16)9-18-14/h8-11H,4-7H2,1-3H3,(H,19,22). The molecule has 1 unspecified atom stereocenters. The molecule has 7 heteroatoms. The van der Waals surface area contributed by atoms with Crippen molar-refractivity contribution in [2.45, 2.75) is 32.9 Å². The molecular weight excluding hydrogens is 368 g/mol. The van der Waals surface area contributed by atoms with Crippen molar-refractivity contribution in [3.63, 3.8) is 0 Å². The van der Waals surface area contributed by atoms with E-state index in [4.69, 9.17) is 11.6 Å². The summed E-state index contributed by atoms with van der Waals surface area (Å²) < 4.78 is 0.874. The molecule has 0 bridgehead atoms. The van der Waals surface area contributed by atoms with Gasteiger partial charge in [0.15, 0.2) is 0 Å². The number of halogens is 2. The summed E-state index contributed by atoms with van der Waals surface area (Å²) in [6.07, 6.45) is 1.76. The van der Waals surface area contributed by atoms with E-state index in [-0.39, 0.29) is 18.0 Å². The molecule has 0 saturated carbocycles.